The van der Waals surface area contributed by atoms with Crippen molar-refractivity contribution >= 4 is 17.7 Å². The van der Waals surface area contributed by atoms with Crippen LogP contribution in [0.2, 0.25) is 0 Å². The maximum Gasteiger partial charge on any atom is 0.220 e. The molecular weight excluding hydrogens is 484 g/mol. The minimum Gasteiger partial charge on any atom is -0.493 e. The molecule has 0 radical (unpaired) electrons. The van der Waals surface area contributed by atoms with Crippen molar-refractivity contribution in [2.75, 3.05) is 26.5 Å². The minimum atomic E-state index is 0.0472. The first kappa shape index (κ1) is 26.3. The predicted molar refractivity (Wildman–Crippen MR) is 148 cm³/mol. The van der Waals surface area contributed by atoms with Crippen LogP contribution in [-0.2, 0) is 11.2 Å². The SMILES string of the molecule is COc1ccc(CCNC(=O)CCCSc2nnc(-c3ccc(C)cc3)n2-c2ccccc2)cc1OC. The second-order valence-corrected chi connectivity index (χ2v) is 9.65. The number of thioether (sulfide) groups is 1. The normalized spacial score (nSPS) is 10.8. The third-order valence-corrected chi connectivity index (χ3v) is 6.94. The van der Waals surface area contributed by atoms with Crippen LogP contribution in [0.1, 0.15) is 24.0 Å². The van der Waals surface area contributed by atoms with E-state index < -0.39 is 0 Å². The smallest absolute Gasteiger partial charge is 0.220 e. The molecule has 1 heterocycles. The summed E-state index contributed by atoms with van der Waals surface area (Å²) in [5.41, 5.74) is 4.31. The van der Waals surface area contributed by atoms with Crippen LogP contribution in [0.15, 0.2) is 78.0 Å². The van der Waals surface area contributed by atoms with Crippen LogP contribution in [0.25, 0.3) is 17.1 Å². The van der Waals surface area contributed by atoms with Gasteiger partial charge in [0.15, 0.2) is 22.5 Å². The maximum atomic E-state index is 12.4. The van der Waals surface area contributed by atoms with Crippen molar-refractivity contribution in [3.8, 4) is 28.6 Å². The van der Waals surface area contributed by atoms with Crippen LogP contribution in [-0.4, -0.2) is 47.2 Å². The number of carbonyl (C=O) groups is 1. The zero-order chi connectivity index (χ0) is 26.0. The molecule has 1 N–H and O–H groups in total. The van der Waals surface area contributed by atoms with Gasteiger partial charge in [0, 0.05) is 30.0 Å². The van der Waals surface area contributed by atoms with E-state index in [-0.39, 0.29) is 5.91 Å². The molecule has 0 aliphatic heterocycles. The van der Waals surface area contributed by atoms with Crippen LogP contribution in [0, 0.1) is 6.92 Å². The largest absolute Gasteiger partial charge is 0.493 e. The fourth-order valence-corrected chi connectivity index (χ4v) is 4.82. The lowest BCUT2D eigenvalue weighted by Crippen LogP contribution is -2.25. The number of hydrogen-bond acceptors (Lipinski definition) is 6. The highest BCUT2D eigenvalue weighted by Crippen LogP contribution is 2.29. The maximum absolute atomic E-state index is 12.4. The highest BCUT2D eigenvalue weighted by molar-refractivity contribution is 7.99. The number of methoxy groups -OCH3 is 2. The lowest BCUT2D eigenvalue weighted by atomic mass is 10.1. The minimum absolute atomic E-state index is 0.0472. The van der Waals surface area contributed by atoms with E-state index in [9.17, 15) is 4.79 Å². The molecule has 0 saturated heterocycles. The fraction of sp³-hybridized carbons (Fsp3) is 0.276. The van der Waals surface area contributed by atoms with Crippen LogP contribution in [0.4, 0.5) is 0 Å². The molecule has 37 heavy (non-hydrogen) atoms. The van der Waals surface area contributed by atoms with Gasteiger partial charge in [-0.1, -0.05) is 65.9 Å². The first-order valence-electron chi connectivity index (χ1n) is 12.3. The van der Waals surface area contributed by atoms with Crippen molar-refractivity contribution in [2.24, 2.45) is 0 Å². The van der Waals surface area contributed by atoms with E-state index in [4.69, 9.17) is 9.47 Å². The second kappa shape index (κ2) is 13.0. The molecule has 7 nitrogen and oxygen atoms in total. The van der Waals surface area contributed by atoms with Crippen LogP contribution >= 0.6 is 11.8 Å². The van der Waals surface area contributed by atoms with Crippen LogP contribution < -0.4 is 14.8 Å². The van der Waals surface area contributed by atoms with Crippen molar-refractivity contribution in [1.29, 1.82) is 0 Å². The van der Waals surface area contributed by atoms with Crippen molar-refractivity contribution in [3.05, 3.63) is 83.9 Å². The van der Waals surface area contributed by atoms with Gasteiger partial charge < -0.3 is 14.8 Å². The Kier molecular flexibility index (Phi) is 9.21. The Balaban J connectivity index is 1.30. The van der Waals surface area contributed by atoms with Crippen molar-refractivity contribution in [3.63, 3.8) is 0 Å². The Morgan fingerprint density at radius 2 is 1.70 bits per heavy atom. The summed E-state index contributed by atoms with van der Waals surface area (Å²) < 4.78 is 12.7. The number of rotatable bonds is 12. The number of ether oxygens (including phenoxy) is 2. The standard InChI is InChI=1S/C29H32N4O3S/c1-21-11-14-23(15-12-21)28-31-32-29(33(28)24-8-5-4-6-9-24)37-19-7-10-27(34)30-18-17-22-13-16-25(35-2)26(20-22)36-3/h4-6,8-9,11-16,20H,7,10,17-19H2,1-3H3,(H,30,34). The summed E-state index contributed by atoms with van der Waals surface area (Å²) in [6.45, 7) is 2.64. The van der Waals surface area contributed by atoms with Gasteiger partial charge in [-0.15, -0.1) is 10.2 Å². The zero-order valence-electron chi connectivity index (χ0n) is 21.4. The lowest BCUT2D eigenvalue weighted by Gasteiger charge is -2.11. The van der Waals surface area contributed by atoms with Crippen molar-refractivity contribution in [1.82, 2.24) is 20.1 Å². The van der Waals surface area contributed by atoms with E-state index >= 15 is 0 Å². The number of benzene rings is 3. The van der Waals surface area contributed by atoms with Gasteiger partial charge in [0.2, 0.25) is 5.91 Å². The fourth-order valence-electron chi connectivity index (χ4n) is 3.93. The number of hydrogen-bond donors (Lipinski definition) is 1. The van der Waals surface area contributed by atoms with Gasteiger partial charge >= 0.3 is 0 Å². The summed E-state index contributed by atoms with van der Waals surface area (Å²) in [6.07, 6.45) is 1.93. The quantitative estimate of drug-likeness (QED) is 0.198. The molecule has 0 atom stereocenters. The molecule has 0 saturated carbocycles. The molecule has 0 spiro atoms. The van der Waals surface area contributed by atoms with E-state index in [1.807, 2.05) is 36.4 Å². The zero-order valence-corrected chi connectivity index (χ0v) is 22.3. The Labute approximate surface area is 222 Å². The van der Waals surface area contributed by atoms with E-state index in [1.165, 1.54) is 5.56 Å². The number of amides is 1. The molecule has 0 fully saturated rings. The summed E-state index contributed by atoms with van der Waals surface area (Å²) in [5.74, 6) is 3.01. The number of nitrogens with one attached hydrogen (secondary N) is 1. The van der Waals surface area contributed by atoms with Crippen molar-refractivity contribution < 1.29 is 14.3 Å². The lowest BCUT2D eigenvalue weighted by molar-refractivity contribution is -0.121. The van der Waals surface area contributed by atoms with Crippen molar-refractivity contribution in [2.45, 2.75) is 31.3 Å². The Hall–Kier alpha value is -3.78. The first-order chi connectivity index (χ1) is 18.1. The molecule has 0 aliphatic carbocycles. The van der Waals surface area contributed by atoms with Crippen LogP contribution in [0.3, 0.4) is 0 Å². The molecule has 0 aliphatic rings. The van der Waals surface area contributed by atoms with E-state index in [0.717, 1.165) is 46.4 Å². The summed E-state index contributed by atoms with van der Waals surface area (Å²) >= 11 is 1.61. The second-order valence-electron chi connectivity index (χ2n) is 8.58. The summed E-state index contributed by atoms with van der Waals surface area (Å²) in [7, 11) is 3.23. The molecule has 0 bridgehead atoms. The molecule has 1 aromatic heterocycles. The molecular formula is C29H32N4O3S. The molecule has 0 unspecified atom stereocenters. The van der Waals surface area contributed by atoms with Gasteiger partial charge in [-0.05, 0) is 49.6 Å². The molecule has 8 heteroatoms. The summed E-state index contributed by atoms with van der Waals surface area (Å²) in [6, 6.07) is 24.2. The Bertz CT molecular complexity index is 1310. The molecule has 4 aromatic rings. The van der Waals surface area contributed by atoms with Gasteiger partial charge in [0.1, 0.15) is 0 Å². The van der Waals surface area contributed by atoms with Gasteiger partial charge in [0.25, 0.3) is 0 Å². The van der Waals surface area contributed by atoms with Gasteiger partial charge in [0.05, 0.1) is 14.2 Å². The third-order valence-electron chi connectivity index (χ3n) is 5.92. The Morgan fingerprint density at radius 1 is 0.946 bits per heavy atom. The first-order valence-corrected chi connectivity index (χ1v) is 13.3. The molecule has 3 aromatic carbocycles. The molecule has 1 amide bonds. The van der Waals surface area contributed by atoms with E-state index in [0.29, 0.717) is 24.5 Å². The highest BCUT2D eigenvalue weighted by Gasteiger charge is 2.16. The van der Waals surface area contributed by atoms with Gasteiger partial charge in [-0.3, -0.25) is 9.36 Å². The van der Waals surface area contributed by atoms with Crippen LogP contribution in [0.5, 0.6) is 11.5 Å². The molecule has 4 rings (SSSR count). The van der Waals surface area contributed by atoms with E-state index in [2.05, 4.69) is 63.4 Å². The number of para-hydroxylation sites is 1. The van der Waals surface area contributed by atoms with E-state index in [1.54, 1.807) is 26.0 Å². The average molecular weight is 517 g/mol. The average Bonchev–Trinajstić information content (AvgIpc) is 3.35. The monoisotopic (exact) mass is 516 g/mol. The topological polar surface area (TPSA) is 78.3 Å². The van der Waals surface area contributed by atoms with Gasteiger partial charge in [-0.2, -0.15) is 0 Å². The number of nitrogens with zero attached hydrogens (tertiary/aromatic N) is 3. The molecule has 192 valence electrons. The third kappa shape index (κ3) is 6.92. The Morgan fingerprint density at radius 3 is 2.43 bits per heavy atom. The number of aromatic nitrogens is 3. The summed E-state index contributed by atoms with van der Waals surface area (Å²) in [5, 5.41) is 12.8. The predicted octanol–water partition coefficient (Wildman–Crippen LogP) is 5.49. The van der Waals surface area contributed by atoms with Gasteiger partial charge in [-0.25, -0.2) is 0 Å². The highest BCUT2D eigenvalue weighted by atomic mass is 32.2. The number of aryl methyl sites for hydroxylation is 1. The number of carbonyl (C=O) groups excluding carboxylic acids is 1. The summed E-state index contributed by atoms with van der Waals surface area (Å²) in [4.78, 5) is 12.4.